The van der Waals surface area contributed by atoms with Crippen molar-refractivity contribution in [1.82, 2.24) is 19.6 Å². The standard InChI is InChI=1S/C13H20N4O2/c1-9(2)12(18)16-7-10-5-6-14-17(10)11(8-16)13(19)15(3)4/h5-6,9,11H,7-8H2,1-4H3. The maximum absolute atomic E-state index is 12.2. The summed E-state index contributed by atoms with van der Waals surface area (Å²) in [6.45, 7) is 4.66. The Morgan fingerprint density at radius 1 is 1.42 bits per heavy atom. The van der Waals surface area contributed by atoms with E-state index < -0.39 is 6.04 Å². The van der Waals surface area contributed by atoms with Crippen molar-refractivity contribution >= 4 is 11.8 Å². The molecule has 19 heavy (non-hydrogen) atoms. The van der Waals surface area contributed by atoms with Gasteiger partial charge in [0.05, 0.1) is 18.8 Å². The Bertz CT molecular complexity index is 493. The van der Waals surface area contributed by atoms with Gasteiger partial charge in [-0.1, -0.05) is 13.8 Å². The summed E-state index contributed by atoms with van der Waals surface area (Å²) in [6, 6.07) is 1.44. The lowest BCUT2D eigenvalue weighted by atomic mass is 10.1. The molecule has 6 nitrogen and oxygen atoms in total. The van der Waals surface area contributed by atoms with Crippen molar-refractivity contribution in [1.29, 1.82) is 0 Å². The van der Waals surface area contributed by atoms with Crippen LogP contribution in [0, 0.1) is 5.92 Å². The number of carbonyl (C=O) groups is 2. The number of rotatable bonds is 2. The van der Waals surface area contributed by atoms with Crippen molar-refractivity contribution in [3.63, 3.8) is 0 Å². The minimum absolute atomic E-state index is 0.0359. The van der Waals surface area contributed by atoms with Gasteiger partial charge in [0.2, 0.25) is 11.8 Å². The Labute approximate surface area is 113 Å². The topological polar surface area (TPSA) is 58.4 Å². The molecule has 1 unspecified atom stereocenters. The number of amides is 2. The first-order chi connectivity index (χ1) is 8.91. The SMILES string of the molecule is CC(C)C(=O)N1Cc2ccnn2C(C(=O)N(C)C)C1. The molecule has 0 N–H and O–H groups in total. The number of likely N-dealkylation sites (N-methyl/N-ethyl adjacent to an activating group) is 1. The van der Waals surface area contributed by atoms with Gasteiger partial charge in [-0.15, -0.1) is 0 Å². The minimum atomic E-state index is -0.420. The van der Waals surface area contributed by atoms with Gasteiger partial charge in [0.1, 0.15) is 6.04 Å². The lowest BCUT2D eigenvalue weighted by molar-refractivity contribution is -0.140. The summed E-state index contributed by atoms with van der Waals surface area (Å²) in [5.74, 6) is -0.0280. The first-order valence-corrected chi connectivity index (χ1v) is 6.44. The summed E-state index contributed by atoms with van der Waals surface area (Å²) in [5.41, 5.74) is 0.903. The quantitative estimate of drug-likeness (QED) is 0.782. The van der Waals surface area contributed by atoms with Crippen LogP contribution in [0.15, 0.2) is 12.3 Å². The van der Waals surface area contributed by atoms with Crippen LogP contribution in [0.4, 0.5) is 0 Å². The van der Waals surface area contributed by atoms with Crippen LogP contribution in [-0.4, -0.2) is 52.0 Å². The van der Waals surface area contributed by atoms with Crippen molar-refractivity contribution in [2.24, 2.45) is 5.92 Å². The Kier molecular flexibility index (Phi) is 3.59. The molecular weight excluding hydrogens is 244 g/mol. The third-order valence-electron chi connectivity index (χ3n) is 3.33. The zero-order valence-electron chi connectivity index (χ0n) is 11.8. The van der Waals surface area contributed by atoms with Crippen molar-refractivity contribution in [3.05, 3.63) is 18.0 Å². The molecule has 2 amide bonds. The highest BCUT2D eigenvalue weighted by atomic mass is 16.2. The number of aromatic nitrogens is 2. The third-order valence-corrected chi connectivity index (χ3v) is 3.33. The van der Waals surface area contributed by atoms with Crippen LogP contribution >= 0.6 is 0 Å². The summed E-state index contributed by atoms with van der Waals surface area (Å²) in [7, 11) is 3.43. The van der Waals surface area contributed by atoms with E-state index in [0.29, 0.717) is 13.1 Å². The maximum atomic E-state index is 12.2. The molecule has 6 heteroatoms. The molecule has 1 aromatic rings. The fourth-order valence-corrected chi connectivity index (χ4v) is 2.31. The van der Waals surface area contributed by atoms with Crippen LogP contribution < -0.4 is 0 Å². The Balaban J connectivity index is 2.30. The molecule has 0 bridgehead atoms. The molecular formula is C13H20N4O2. The van der Waals surface area contributed by atoms with Gasteiger partial charge < -0.3 is 9.80 Å². The van der Waals surface area contributed by atoms with Crippen LogP contribution in [0.3, 0.4) is 0 Å². The summed E-state index contributed by atoms with van der Waals surface area (Å²) < 4.78 is 1.73. The van der Waals surface area contributed by atoms with E-state index in [1.165, 1.54) is 0 Å². The van der Waals surface area contributed by atoms with Crippen LogP contribution in [0.25, 0.3) is 0 Å². The molecule has 0 radical (unpaired) electrons. The summed E-state index contributed by atoms with van der Waals surface area (Å²) in [6.07, 6.45) is 1.68. The highest BCUT2D eigenvalue weighted by Gasteiger charge is 2.34. The smallest absolute Gasteiger partial charge is 0.248 e. The van der Waals surface area contributed by atoms with Gasteiger partial charge in [0.15, 0.2) is 0 Å². The van der Waals surface area contributed by atoms with Crippen molar-refractivity contribution in [2.75, 3.05) is 20.6 Å². The van der Waals surface area contributed by atoms with Gasteiger partial charge in [-0.2, -0.15) is 5.10 Å². The molecule has 2 rings (SSSR count). The van der Waals surface area contributed by atoms with Gasteiger partial charge >= 0.3 is 0 Å². The molecule has 0 fully saturated rings. The Hall–Kier alpha value is -1.85. The number of nitrogens with zero attached hydrogens (tertiary/aromatic N) is 4. The summed E-state index contributed by atoms with van der Waals surface area (Å²) in [4.78, 5) is 27.6. The third kappa shape index (κ3) is 2.47. The minimum Gasteiger partial charge on any atom is -0.347 e. The fourth-order valence-electron chi connectivity index (χ4n) is 2.31. The van der Waals surface area contributed by atoms with Crippen molar-refractivity contribution in [3.8, 4) is 0 Å². The van der Waals surface area contributed by atoms with Gasteiger partial charge in [-0.05, 0) is 6.07 Å². The first kappa shape index (κ1) is 13.6. The van der Waals surface area contributed by atoms with Gasteiger partial charge in [-0.25, -0.2) is 0 Å². The van der Waals surface area contributed by atoms with Gasteiger partial charge in [0.25, 0.3) is 0 Å². The number of carbonyl (C=O) groups excluding carboxylic acids is 2. The van der Waals surface area contributed by atoms with E-state index in [1.54, 1.807) is 34.8 Å². The van der Waals surface area contributed by atoms with Crippen LogP contribution in [0.5, 0.6) is 0 Å². The highest BCUT2D eigenvalue weighted by Crippen LogP contribution is 2.22. The van der Waals surface area contributed by atoms with Gasteiger partial charge in [0, 0.05) is 26.2 Å². The van der Waals surface area contributed by atoms with Crippen molar-refractivity contribution in [2.45, 2.75) is 26.4 Å². The molecule has 0 spiro atoms. The predicted octanol–water partition coefficient (Wildman–Crippen LogP) is 0.511. The molecule has 0 aromatic carbocycles. The van der Waals surface area contributed by atoms with E-state index in [9.17, 15) is 9.59 Å². The Morgan fingerprint density at radius 3 is 2.68 bits per heavy atom. The van der Waals surface area contributed by atoms with E-state index >= 15 is 0 Å². The van der Waals surface area contributed by atoms with Crippen molar-refractivity contribution < 1.29 is 9.59 Å². The second-order valence-corrected chi connectivity index (χ2v) is 5.39. The lowest BCUT2D eigenvalue weighted by Gasteiger charge is -2.35. The largest absolute Gasteiger partial charge is 0.347 e. The van der Waals surface area contributed by atoms with Crippen LogP contribution in [0.2, 0.25) is 0 Å². The van der Waals surface area contributed by atoms with Crippen LogP contribution in [0.1, 0.15) is 25.6 Å². The predicted molar refractivity (Wildman–Crippen MR) is 70.2 cm³/mol. The van der Waals surface area contributed by atoms with E-state index in [-0.39, 0.29) is 17.7 Å². The van der Waals surface area contributed by atoms with E-state index in [1.807, 2.05) is 19.9 Å². The average molecular weight is 264 g/mol. The second-order valence-electron chi connectivity index (χ2n) is 5.39. The lowest BCUT2D eigenvalue weighted by Crippen LogP contribution is -2.47. The molecule has 104 valence electrons. The summed E-state index contributed by atoms with van der Waals surface area (Å²) >= 11 is 0. The molecule has 0 saturated heterocycles. The van der Waals surface area contributed by atoms with Gasteiger partial charge in [-0.3, -0.25) is 14.3 Å². The molecule has 0 aliphatic carbocycles. The second kappa shape index (κ2) is 5.03. The summed E-state index contributed by atoms with van der Waals surface area (Å²) in [5, 5.41) is 4.21. The zero-order chi connectivity index (χ0) is 14.2. The number of fused-ring (bicyclic) bond motifs is 1. The molecule has 2 heterocycles. The van der Waals surface area contributed by atoms with E-state index in [2.05, 4.69) is 5.10 Å². The zero-order valence-corrected chi connectivity index (χ0v) is 11.8. The number of hydrogen-bond acceptors (Lipinski definition) is 3. The normalized spacial score (nSPS) is 18.4. The first-order valence-electron chi connectivity index (χ1n) is 6.44. The Morgan fingerprint density at radius 2 is 2.11 bits per heavy atom. The van der Waals surface area contributed by atoms with E-state index in [4.69, 9.17) is 0 Å². The molecule has 1 aromatic heterocycles. The molecule has 1 aliphatic rings. The average Bonchev–Trinajstić information content (AvgIpc) is 2.83. The maximum Gasteiger partial charge on any atom is 0.248 e. The number of hydrogen-bond donors (Lipinski definition) is 0. The molecule has 0 saturated carbocycles. The van der Waals surface area contributed by atoms with Crippen LogP contribution in [-0.2, 0) is 16.1 Å². The fraction of sp³-hybridized carbons (Fsp3) is 0.615. The molecule has 1 aliphatic heterocycles. The monoisotopic (exact) mass is 264 g/mol. The molecule has 1 atom stereocenters. The highest BCUT2D eigenvalue weighted by molar-refractivity contribution is 5.83. The van der Waals surface area contributed by atoms with E-state index in [0.717, 1.165) is 5.69 Å².